The Balaban J connectivity index is 1.20. The van der Waals surface area contributed by atoms with Crippen LogP contribution in [0.4, 0.5) is 10.2 Å². The molecule has 0 radical (unpaired) electrons. The Hall–Kier alpha value is -2.85. The molecular weight excluding hydrogens is 655 g/mol. The number of nitrogens with zero attached hydrogens (tertiary/aromatic N) is 7. The SMILES string of the molecule is Nc1ncnc2c1ncn2[C@@H]1O[C@@H]2COP(O)(=S)O[C@@H]3[C@H](O)[C@@H](COP(=O)(O)O[C@H]2[C@H]1F)O[C@H]3n1cnc2c(=O)[nH]cnc21. The third kappa shape index (κ3) is 5.15. The van der Waals surface area contributed by atoms with E-state index in [4.69, 9.17) is 45.1 Å². The monoisotopic (exact) mass is 677 g/mol. The number of phosphoric ester groups is 1. The summed E-state index contributed by atoms with van der Waals surface area (Å²) in [5.74, 6) is 0.0271. The van der Waals surface area contributed by atoms with Crippen LogP contribution in [-0.4, -0.2) is 104 Å². The molecule has 2 unspecified atom stereocenters. The molecule has 0 aliphatic carbocycles. The number of aliphatic hydroxyl groups is 1. The lowest BCUT2D eigenvalue weighted by molar-refractivity contribution is -0.0635. The third-order valence-electron chi connectivity index (χ3n) is 7.19. The summed E-state index contributed by atoms with van der Waals surface area (Å²) < 4.78 is 64.4. The molecule has 0 amide bonds. The Morgan fingerprint density at radius 3 is 2.43 bits per heavy atom. The number of imidazole rings is 2. The molecule has 0 saturated carbocycles. The van der Waals surface area contributed by atoms with Crippen LogP contribution in [0.2, 0.25) is 0 Å². The van der Waals surface area contributed by atoms with E-state index in [9.17, 15) is 24.3 Å². The topological polar surface area (TPSA) is 266 Å². The normalized spacial score (nSPS) is 38.3. The Kier molecular flexibility index (Phi) is 7.39. The van der Waals surface area contributed by atoms with Gasteiger partial charge in [-0.25, -0.2) is 33.9 Å². The van der Waals surface area contributed by atoms with Crippen molar-refractivity contribution in [3.05, 3.63) is 35.7 Å². The van der Waals surface area contributed by atoms with Gasteiger partial charge in [-0.15, -0.1) is 0 Å². The molecule has 7 heterocycles. The Morgan fingerprint density at radius 1 is 0.955 bits per heavy atom. The van der Waals surface area contributed by atoms with Crippen molar-refractivity contribution in [2.75, 3.05) is 18.9 Å². The molecule has 4 aromatic rings. The van der Waals surface area contributed by atoms with E-state index < -0.39 is 82.5 Å². The number of H-pyrrole nitrogens is 1. The largest absolute Gasteiger partial charge is 0.472 e. The fourth-order valence-electron chi connectivity index (χ4n) is 5.18. The summed E-state index contributed by atoms with van der Waals surface area (Å²) in [6.07, 6.45) is -8.05. The molecule has 20 nitrogen and oxygen atoms in total. The van der Waals surface area contributed by atoms with Crippen molar-refractivity contribution >= 4 is 54.5 Å². The van der Waals surface area contributed by atoms with E-state index in [1.54, 1.807) is 0 Å². The van der Waals surface area contributed by atoms with Gasteiger partial charge in [-0.2, -0.15) is 0 Å². The summed E-state index contributed by atoms with van der Waals surface area (Å²) in [4.78, 5) is 56.1. The number of halogens is 1. The van der Waals surface area contributed by atoms with Crippen LogP contribution in [0.25, 0.3) is 22.3 Å². The molecule has 0 aromatic carbocycles. The van der Waals surface area contributed by atoms with Crippen LogP contribution in [0.1, 0.15) is 12.5 Å². The van der Waals surface area contributed by atoms with Crippen molar-refractivity contribution in [1.82, 2.24) is 39.0 Å². The number of rotatable bonds is 2. The smallest absolute Gasteiger partial charge is 0.387 e. The van der Waals surface area contributed by atoms with Gasteiger partial charge in [0.2, 0.25) is 0 Å². The van der Waals surface area contributed by atoms with Gasteiger partial charge in [-0.3, -0.25) is 27.5 Å². The number of nitrogens with two attached hydrogens (primary N) is 1. The fraction of sp³-hybridized carbons (Fsp3) is 0.500. The number of anilines is 1. The molecule has 0 spiro atoms. The van der Waals surface area contributed by atoms with Gasteiger partial charge in [-0.1, -0.05) is 0 Å². The van der Waals surface area contributed by atoms with Crippen LogP contribution >= 0.6 is 14.5 Å². The number of nitrogen functional groups attached to an aromatic ring is 1. The number of phosphoric acid groups is 1. The summed E-state index contributed by atoms with van der Waals surface area (Å²) in [5, 5.41) is 11.0. The van der Waals surface area contributed by atoms with Gasteiger partial charge >= 0.3 is 14.5 Å². The minimum Gasteiger partial charge on any atom is -0.387 e. The van der Waals surface area contributed by atoms with Gasteiger partial charge in [-0.05, 0) is 11.8 Å². The number of aromatic nitrogens is 8. The van der Waals surface area contributed by atoms with E-state index in [1.807, 2.05) is 0 Å². The van der Waals surface area contributed by atoms with Crippen molar-refractivity contribution in [1.29, 1.82) is 0 Å². The van der Waals surface area contributed by atoms with E-state index in [2.05, 4.69) is 29.9 Å². The first-order valence-electron chi connectivity index (χ1n) is 12.7. The zero-order chi connectivity index (χ0) is 31.0. The molecule has 4 aromatic heterocycles. The molecule has 24 heteroatoms. The molecule has 3 fully saturated rings. The standard InChI is InChI=1S/C20H22FN9O11P2S/c21-9-13-8(39-19(9)29-5-27-10-15(22)23-3-24-16(10)29)2-37-43(35,44)41-14-12(31)7(1-36-42(33,34)40-13)38-20(14)30-6-28-11-17(30)25-4-26-18(11)32/h3-9,12-14,19-20,31H,1-2H2,(H,33,34)(H,35,44)(H2,22,23,24)(H,25,26,32)/t7-,8-,9-,12-,13-,14-,19-,20-,43?/m1/s1. The maximum atomic E-state index is 15.9. The van der Waals surface area contributed by atoms with E-state index in [0.717, 1.165) is 12.7 Å². The molecule has 6 N–H and O–H groups in total. The lowest BCUT2D eigenvalue weighted by Crippen LogP contribution is -2.35. The molecular formula is C20H22FN9O11P2S. The van der Waals surface area contributed by atoms with Crippen LogP contribution in [0.3, 0.4) is 0 Å². The first kappa shape index (κ1) is 29.8. The number of nitrogens with one attached hydrogen (secondary N) is 1. The van der Waals surface area contributed by atoms with Gasteiger partial charge in [0, 0.05) is 0 Å². The number of hydrogen-bond acceptors (Lipinski definition) is 16. The Morgan fingerprint density at radius 2 is 1.64 bits per heavy atom. The predicted molar refractivity (Wildman–Crippen MR) is 145 cm³/mol. The Labute approximate surface area is 248 Å². The highest BCUT2D eigenvalue weighted by molar-refractivity contribution is 8.07. The molecule has 2 bridgehead atoms. The minimum absolute atomic E-state index is 0.0271. The van der Waals surface area contributed by atoms with Crippen LogP contribution < -0.4 is 11.3 Å². The van der Waals surface area contributed by atoms with Crippen molar-refractivity contribution < 1.29 is 51.4 Å². The van der Waals surface area contributed by atoms with Gasteiger partial charge < -0.3 is 39.6 Å². The van der Waals surface area contributed by atoms with Gasteiger partial charge in [0.05, 0.1) is 32.2 Å². The van der Waals surface area contributed by atoms with E-state index in [-0.39, 0.29) is 28.1 Å². The second-order valence-electron chi connectivity index (χ2n) is 9.87. The highest BCUT2D eigenvalue weighted by atomic mass is 32.5. The van der Waals surface area contributed by atoms with Crippen molar-refractivity contribution in [2.24, 2.45) is 0 Å². The number of aromatic amines is 1. The Bertz CT molecular complexity index is 1890. The molecule has 44 heavy (non-hydrogen) atoms. The second-order valence-corrected chi connectivity index (χ2v) is 14.1. The van der Waals surface area contributed by atoms with Crippen molar-refractivity contribution in [3.8, 4) is 0 Å². The van der Waals surface area contributed by atoms with Crippen molar-refractivity contribution in [3.63, 3.8) is 0 Å². The molecule has 3 saturated heterocycles. The summed E-state index contributed by atoms with van der Waals surface area (Å²) in [6, 6.07) is 0. The molecule has 10 atom stereocenters. The summed E-state index contributed by atoms with van der Waals surface area (Å²) in [6.45, 7) is -5.74. The van der Waals surface area contributed by atoms with Gasteiger partial charge in [0.25, 0.3) is 5.56 Å². The van der Waals surface area contributed by atoms with E-state index in [1.165, 1.54) is 21.8 Å². The maximum absolute atomic E-state index is 15.9. The summed E-state index contributed by atoms with van der Waals surface area (Å²) >= 11 is 5.18. The highest BCUT2D eigenvalue weighted by Crippen LogP contribution is 2.54. The van der Waals surface area contributed by atoms with Crippen LogP contribution in [-0.2, 0) is 43.9 Å². The minimum atomic E-state index is -5.07. The molecule has 3 aliphatic heterocycles. The lowest BCUT2D eigenvalue weighted by Gasteiger charge is -2.27. The highest BCUT2D eigenvalue weighted by Gasteiger charge is 2.54. The molecule has 7 rings (SSSR count). The summed E-state index contributed by atoms with van der Waals surface area (Å²) in [7, 11) is -5.07. The number of hydrogen-bond donors (Lipinski definition) is 5. The van der Waals surface area contributed by atoms with E-state index in [0.29, 0.717) is 0 Å². The van der Waals surface area contributed by atoms with E-state index >= 15 is 4.39 Å². The average Bonchev–Trinajstić information content (AvgIpc) is 3.73. The summed E-state index contributed by atoms with van der Waals surface area (Å²) in [5.41, 5.74) is 5.50. The number of ether oxygens (including phenoxy) is 2. The number of aliphatic hydroxyl groups excluding tert-OH is 1. The average molecular weight is 677 g/mol. The van der Waals surface area contributed by atoms with Gasteiger partial charge in [0.15, 0.2) is 41.3 Å². The third-order valence-corrected chi connectivity index (χ3v) is 9.74. The fourth-order valence-corrected chi connectivity index (χ4v) is 7.55. The zero-order valence-corrected chi connectivity index (χ0v) is 24.4. The molecule has 3 aliphatic rings. The first-order valence-corrected chi connectivity index (χ1v) is 16.8. The van der Waals surface area contributed by atoms with Gasteiger partial charge in [0.1, 0.15) is 42.4 Å². The lowest BCUT2D eigenvalue weighted by atomic mass is 10.1. The first-order chi connectivity index (χ1) is 20.9. The number of alkyl halides is 1. The van der Waals surface area contributed by atoms with Crippen LogP contribution in [0.15, 0.2) is 30.1 Å². The van der Waals surface area contributed by atoms with Crippen LogP contribution in [0, 0.1) is 0 Å². The number of fused-ring (bicyclic) bond motifs is 5. The van der Waals surface area contributed by atoms with Crippen molar-refractivity contribution in [2.45, 2.75) is 49.1 Å². The maximum Gasteiger partial charge on any atom is 0.472 e. The second kappa shape index (κ2) is 10.9. The zero-order valence-electron chi connectivity index (χ0n) is 21.8. The molecule has 236 valence electrons. The predicted octanol–water partition coefficient (Wildman–Crippen LogP) is -0.830. The quantitative estimate of drug-likeness (QED) is 0.162. The van der Waals surface area contributed by atoms with Crippen LogP contribution in [0.5, 0.6) is 0 Å².